The molecule has 1 aromatic rings. The van der Waals surface area contributed by atoms with E-state index < -0.39 is 18.2 Å². The van der Waals surface area contributed by atoms with Gasteiger partial charge in [-0.25, -0.2) is 9.78 Å². The van der Waals surface area contributed by atoms with Crippen molar-refractivity contribution in [2.75, 3.05) is 5.75 Å². The highest BCUT2D eigenvalue weighted by Crippen LogP contribution is 2.25. The molecule has 0 aliphatic carbocycles. The number of carboxylic acid groups (broad SMARTS) is 1. The second kappa shape index (κ2) is 4.93. The zero-order chi connectivity index (χ0) is 11.6. The number of aromatic carboxylic acids is 1. The quantitative estimate of drug-likeness (QED) is 0.582. The van der Waals surface area contributed by atoms with Gasteiger partial charge in [0.1, 0.15) is 16.0 Å². The molecule has 5 nitrogen and oxygen atoms in total. The average molecular weight is 249 g/mol. The van der Waals surface area contributed by atoms with Crippen LogP contribution in [0.3, 0.4) is 0 Å². The summed E-state index contributed by atoms with van der Waals surface area (Å²) >= 11 is 4.69. The summed E-state index contributed by atoms with van der Waals surface area (Å²) in [6, 6.07) is 0. The van der Waals surface area contributed by atoms with E-state index in [2.05, 4.69) is 17.6 Å². The van der Waals surface area contributed by atoms with E-state index in [0.717, 1.165) is 11.3 Å². The van der Waals surface area contributed by atoms with Crippen LogP contribution >= 0.6 is 24.0 Å². The van der Waals surface area contributed by atoms with Crippen LogP contribution in [-0.2, 0) is 0 Å². The molecule has 0 aromatic carbocycles. The molecule has 1 heterocycles. The summed E-state index contributed by atoms with van der Waals surface area (Å²) in [6.45, 7) is 1.54. The molecular formula is C8H11NO4S2. The van der Waals surface area contributed by atoms with Crippen LogP contribution in [0.1, 0.15) is 26.5 Å². The maximum atomic E-state index is 10.7. The second-order valence-electron chi connectivity index (χ2n) is 2.97. The number of aromatic nitrogens is 1. The molecule has 0 aliphatic rings. The third-order valence-corrected chi connectivity index (χ3v) is 3.40. The molecular weight excluding hydrogens is 238 g/mol. The minimum Gasteiger partial charge on any atom is -0.477 e. The average Bonchev–Trinajstić information content (AvgIpc) is 2.58. The molecule has 7 heteroatoms. The first-order valence-corrected chi connectivity index (χ1v) is 5.60. The van der Waals surface area contributed by atoms with Crippen molar-refractivity contribution in [1.29, 1.82) is 0 Å². The molecule has 0 saturated heterocycles. The number of aryl methyl sites for hydroxylation is 1. The zero-order valence-electron chi connectivity index (χ0n) is 7.91. The van der Waals surface area contributed by atoms with Gasteiger partial charge in [0.05, 0.1) is 11.8 Å². The Bertz CT molecular complexity index is 366. The van der Waals surface area contributed by atoms with Gasteiger partial charge < -0.3 is 15.3 Å². The number of aliphatic hydroxyl groups excluding tert-OH is 2. The van der Waals surface area contributed by atoms with Crippen LogP contribution in [0.15, 0.2) is 0 Å². The summed E-state index contributed by atoms with van der Waals surface area (Å²) in [6.07, 6.45) is -2.22. The Morgan fingerprint density at radius 1 is 1.60 bits per heavy atom. The summed E-state index contributed by atoms with van der Waals surface area (Å²) < 4.78 is 0. The van der Waals surface area contributed by atoms with Crippen LogP contribution in [0, 0.1) is 6.92 Å². The van der Waals surface area contributed by atoms with Crippen molar-refractivity contribution in [3.05, 3.63) is 15.6 Å². The fourth-order valence-corrected chi connectivity index (χ4v) is 2.16. The number of hydrogen-bond acceptors (Lipinski definition) is 6. The molecule has 1 rings (SSSR count). The molecule has 84 valence electrons. The lowest BCUT2D eigenvalue weighted by Crippen LogP contribution is -2.19. The lowest BCUT2D eigenvalue weighted by molar-refractivity contribution is 0.0335. The maximum Gasteiger partial charge on any atom is 0.347 e. The lowest BCUT2D eigenvalue weighted by Gasteiger charge is -2.12. The van der Waals surface area contributed by atoms with Crippen molar-refractivity contribution in [1.82, 2.24) is 4.98 Å². The van der Waals surface area contributed by atoms with Gasteiger partial charge in [-0.2, -0.15) is 12.6 Å². The summed E-state index contributed by atoms with van der Waals surface area (Å²) in [7, 11) is 0. The van der Waals surface area contributed by atoms with Crippen molar-refractivity contribution in [2.24, 2.45) is 0 Å². The molecule has 3 N–H and O–H groups in total. The highest BCUT2D eigenvalue weighted by Gasteiger charge is 2.23. The molecule has 0 saturated carbocycles. The Labute approximate surface area is 95.8 Å². The van der Waals surface area contributed by atoms with Crippen molar-refractivity contribution in [3.63, 3.8) is 0 Å². The fraction of sp³-hybridized carbons (Fsp3) is 0.500. The van der Waals surface area contributed by atoms with Crippen LogP contribution in [-0.4, -0.2) is 38.1 Å². The molecule has 2 atom stereocenters. The number of nitrogens with zero attached hydrogens (tertiary/aromatic N) is 1. The van der Waals surface area contributed by atoms with Gasteiger partial charge in [0.2, 0.25) is 0 Å². The van der Waals surface area contributed by atoms with Gasteiger partial charge in [-0.05, 0) is 6.92 Å². The Hall–Kier alpha value is -0.630. The monoisotopic (exact) mass is 249 g/mol. The van der Waals surface area contributed by atoms with Gasteiger partial charge in [-0.15, -0.1) is 11.3 Å². The van der Waals surface area contributed by atoms with Crippen molar-refractivity contribution >= 4 is 29.9 Å². The number of carboxylic acids is 1. The van der Waals surface area contributed by atoms with E-state index in [1.807, 2.05) is 0 Å². The molecule has 15 heavy (non-hydrogen) atoms. The van der Waals surface area contributed by atoms with Crippen molar-refractivity contribution in [3.8, 4) is 0 Å². The molecule has 0 fully saturated rings. The highest BCUT2D eigenvalue weighted by molar-refractivity contribution is 7.80. The minimum atomic E-state index is -1.18. The normalized spacial score (nSPS) is 14.9. The molecule has 0 spiro atoms. The van der Waals surface area contributed by atoms with E-state index in [-0.39, 0.29) is 15.6 Å². The SMILES string of the molecule is Cc1nc(C(O)C(O)CS)sc1C(=O)O. The van der Waals surface area contributed by atoms with Gasteiger partial charge >= 0.3 is 5.97 Å². The Morgan fingerprint density at radius 2 is 2.20 bits per heavy atom. The first kappa shape index (κ1) is 12.4. The first-order valence-electron chi connectivity index (χ1n) is 4.15. The number of thiol groups is 1. The van der Waals surface area contributed by atoms with Crippen LogP contribution in [0.2, 0.25) is 0 Å². The predicted octanol–water partition coefficient (Wildman–Crippen LogP) is 0.474. The zero-order valence-corrected chi connectivity index (χ0v) is 9.63. The number of aliphatic hydroxyl groups is 2. The van der Waals surface area contributed by atoms with Gasteiger partial charge in [0.25, 0.3) is 0 Å². The van der Waals surface area contributed by atoms with Crippen molar-refractivity contribution < 1.29 is 20.1 Å². The second-order valence-corrected chi connectivity index (χ2v) is 4.36. The summed E-state index contributed by atoms with van der Waals surface area (Å²) in [5, 5.41) is 27.8. The Balaban J connectivity index is 2.97. The Kier molecular flexibility index (Phi) is 4.09. The standard InChI is InChI=1S/C8H11NO4S2/c1-3-6(8(12)13)15-7(9-3)5(11)4(10)2-14/h4-5,10-11,14H,2H2,1H3,(H,12,13). The van der Waals surface area contributed by atoms with E-state index in [1.54, 1.807) is 6.92 Å². The van der Waals surface area contributed by atoms with E-state index in [4.69, 9.17) is 5.11 Å². The van der Waals surface area contributed by atoms with Crippen LogP contribution in [0.4, 0.5) is 0 Å². The van der Waals surface area contributed by atoms with E-state index in [1.165, 1.54) is 0 Å². The van der Waals surface area contributed by atoms with Gasteiger partial charge in [-0.1, -0.05) is 0 Å². The summed E-state index contributed by atoms with van der Waals surface area (Å²) in [5.41, 5.74) is 0.341. The molecule has 2 unspecified atom stereocenters. The molecule has 0 amide bonds. The lowest BCUT2D eigenvalue weighted by atomic mass is 10.2. The van der Waals surface area contributed by atoms with E-state index >= 15 is 0 Å². The molecule has 0 bridgehead atoms. The summed E-state index contributed by atoms with van der Waals surface area (Å²) in [4.78, 5) is 14.7. The number of carbonyl (C=O) groups is 1. The van der Waals surface area contributed by atoms with E-state index in [0.29, 0.717) is 5.69 Å². The molecule has 0 aliphatic heterocycles. The van der Waals surface area contributed by atoms with Crippen molar-refractivity contribution in [2.45, 2.75) is 19.1 Å². The largest absolute Gasteiger partial charge is 0.477 e. The van der Waals surface area contributed by atoms with Gasteiger partial charge in [0.15, 0.2) is 0 Å². The Morgan fingerprint density at radius 3 is 2.60 bits per heavy atom. The minimum absolute atomic E-state index is 0.0791. The third-order valence-electron chi connectivity index (χ3n) is 1.81. The van der Waals surface area contributed by atoms with Gasteiger partial charge in [0, 0.05) is 5.75 Å². The first-order chi connectivity index (χ1) is 6.97. The van der Waals surface area contributed by atoms with Gasteiger partial charge in [-0.3, -0.25) is 0 Å². The smallest absolute Gasteiger partial charge is 0.347 e. The highest BCUT2D eigenvalue weighted by atomic mass is 32.1. The maximum absolute atomic E-state index is 10.7. The predicted molar refractivity (Wildman–Crippen MR) is 58.6 cm³/mol. The molecule has 1 aromatic heterocycles. The van der Waals surface area contributed by atoms with E-state index in [9.17, 15) is 15.0 Å². The van der Waals surface area contributed by atoms with Crippen LogP contribution < -0.4 is 0 Å². The number of hydrogen-bond donors (Lipinski definition) is 4. The number of rotatable bonds is 4. The molecule has 0 radical (unpaired) electrons. The fourth-order valence-electron chi connectivity index (χ4n) is 1.01. The number of thiazole rings is 1. The third kappa shape index (κ3) is 2.69. The topological polar surface area (TPSA) is 90.7 Å². The van der Waals surface area contributed by atoms with Crippen LogP contribution in [0.25, 0.3) is 0 Å². The summed E-state index contributed by atoms with van der Waals surface area (Å²) in [5.74, 6) is -0.994. The van der Waals surface area contributed by atoms with Crippen LogP contribution in [0.5, 0.6) is 0 Å².